The number of fused-ring (bicyclic) bond motifs is 1. The lowest BCUT2D eigenvalue weighted by atomic mass is 9.84. The Morgan fingerprint density at radius 2 is 1.84 bits per heavy atom. The summed E-state index contributed by atoms with van der Waals surface area (Å²) in [6, 6.07) is 8.47. The lowest BCUT2D eigenvalue weighted by Crippen LogP contribution is -2.28. The third kappa shape index (κ3) is 2.71. The Balaban J connectivity index is 2.48. The molecule has 3 heteroatoms. The summed E-state index contributed by atoms with van der Waals surface area (Å²) in [6.07, 6.45) is 3.36. The van der Waals surface area contributed by atoms with Crippen molar-refractivity contribution in [2.24, 2.45) is 5.41 Å². The first-order valence-corrected chi connectivity index (χ1v) is 8.32. The zero-order chi connectivity index (χ0) is 13.9. The second kappa shape index (κ2) is 6.08. The molecule has 19 heavy (non-hydrogen) atoms. The maximum Gasteiger partial charge on any atom is 0.109 e. The smallest absolute Gasteiger partial charge is 0.109 e. The summed E-state index contributed by atoms with van der Waals surface area (Å²) in [4.78, 5) is 4.77. The van der Waals surface area contributed by atoms with Crippen LogP contribution in [-0.2, 0) is 13.0 Å². The van der Waals surface area contributed by atoms with Gasteiger partial charge < -0.3 is 4.57 Å². The van der Waals surface area contributed by atoms with E-state index in [-0.39, 0.29) is 0 Å². The van der Waals surface area contributed by atoms with E-state index in [4.69, 9.17) is 4.98 Å². The normalized spacial score (nSPS) is 12.2. The molecular weight excluding hydrogens is 300 g/mol. The van der Waals surface area contributed by atoms with E-state index in [2.05, 4.69) is 65.5 Å². The van der Waals surface area contributed by atoms with Gasteiger partial charge in [-0.15, -0.1) is 0 Å². The van der Waals surface area contributed by atoms with Gasteiger partial charge in [-0.3, -0.25) is 0 Å². The molecule has 1 aromatic carbocycles. The Kier molecular flexibility index (Phi) is 4.67. The summed E-state index contributed by atoms with van der Waals surface area (Å²) >= 11 is 3.72. The third-order valence-corrected chi connectivity index (χ3v) is 5.52. The Morgan fingerprint density at radius 3 is 2.42 bits per heavy atom. The second-order valence-corrected chi connectivity index (χ2v) is 5.86. The summed E-state index contributed by atoms with van der Waals surface area (Å²) in [5.41, 5.74) is 2.72. The van der Waals surface area contributed by atoms with Crippen molar-refractivity contribution in [2.45, 2.75) is 46.6 Å². The number of alkyl halides is 1. The van der Waals surface area contributed by atoms with Crippen LogP contribution in [0.3, 0.4) is 0 Å². The van der Waals surface area contributed by atoms with Crippen molar-refractivity contribution in [1.29, 1.82) is 0 Å². The van der Waals surface area contributed by atoms with E-state index < -0.39 is 0 Å². The van der Waals surface area contributed by atoms with Crippen LogP contribution in [-0.4, -0.2) is 14.9 Å². The van der Waals surface area contributed by atoms with Crippen LogP contribution >= 0.6 is 15.9 Å². The molecule has 0 unspecified atom stereocenters. The standard InChI is InChI=1S/C16H23BrN2/c1-4-15-18-13-9-7-8-10-14(13)19(15)12-16(5-2,6-3)11-17/h7-10H,4-6,11-12H2,1-3H3. The van der Waals surface area contributed by atoms with Gasteiger partial charge >= 0.3 is 0 Å². The Morgan fingerprint density at radius 1 is 1.16 bits per heavy atom. The topological polar surface area (TPSA) is 17.8 Å². The number of nitrogens with zero attached hydrogens (tertiary/aromatic N) is 2. The third-order valence-electron chi connectivity index (χ3n) is 4.33. The molecule has 0 aliphatic rings. The number of rotatable bonds is 6. The number of aromatic nitrogens is 2. The van der Waals surface area contributed by atoms with Gasteiger partial charge in [-0.05, 0) is 30.4 Å². The average Bonchev–Trinajstić information content (AvgIpc) is 2.82. The van der Waals surface area contributed by atoms with E-state index in [0.29, 0.717) is 5.41 Å². The van der Waals surface area contributed by atoms with Crippen LogP contribution in [0.15, 0.2) is 24.3 Å². The van der Waals surface area contributed by atoms with Gasteiger partial charge in [0.15, 0.2) is 0 Å². The highest BCUT2D eigenvalue weighted by molar-refractivity contribution is 9.09. The summed E-state index contributed by atoms with van der Waals surface area (Å²) in [7, 11) is 0. The molecule has 1 aromatic heterocycles. The Hall–Kier alpha value is -0.830. The number of hydrogen-bond acceptors (Lipinski definition) is 1. The lowest BCUT2D eigenvalue weighted by Gasteiger charge is -2.31. The molecule has 2 aromatic rings. The molecule has 2 nitrogen and oxygen atoms in total. The van der Waals surface area contributed by atoms with Gasteiger partial charge in [0.25, 0.3) is 0 Å². The van der Waals surface area contributed by atoms with Gasteiger partial charge in [-0.25, -0.2) is 4.98 Å². The van der Waals surface area contributed by atoms with Gasteiger partial charge in [-0.1, -0.05) is 48.8 Å². The maximum atomic E-state index is 4.77. The van der Waals surface area contributed by atoms with E-state index in [0.717, 1.165) is 23.8 Å². The summed E-state index contributed by atoms with van der Waals surface area (Å²) in [5, 5.41) is 1.04. The van der Waals surface area contributed by atoms with Crippen LogP contribution in [0.4, 0.5) is 0 Å². The minimum absolute atomic E-state index is 0.327. The van der Waals surface area contributed by atoms with E-state index in [1.165, 1.54) is 24.2 Å². The maximum absolute atomic E-state index is 4.77. The SMILES string of the molecule is CCc1nc2ccccc2n1CC(CC)(CC)CBr. The molecule has 0 aliphatic heterocycles. The number of para-hydroxylation sites is 2. The molecule has 0 saturated carbocycles. The largest absolute Gasteiger partial charge is 0.327 e. The number of hydrogen-bond donors (Lipinski definition) is 0. The lowest BCUT2D eigenvalue weighted by molar-refractivity contribution is 0.260. The molecule has 0 spiro atoms. The number of aryl methyl sites for hydroxylation is 1. The fourth-order valence-corrected chi connectivity index (χ4v) is 3.58. The monoisotopic (exact) mass is 322 g/mol. The van der Waals surface area contributed by atoms with Gasteiger partial charge in [0, 0.05) is 18.3 Å². The Labute approximate surface area is 124 Å². The van der Waals surface area contributed by atoms with Crippen LogP contribution in [0, 0.1) is 5.41 Å². The summed E-state index contributed by atoms with van der Waals surface area (Å²) in [5.74, 6) is 1.20. The van der Waals surface area contributed by atoms with Gasteiger partial charge in [-0.2, -0.15) is 0 Å². The molecule has 0 fully saturated rings. The molecule has 0 aliphatic carbocycles. The van der Waals surface area contributed by atoms with Crippen molar-refractivity contribution in [3.05, 3.63) is 30.1 Å². The highest BCUT2D eigenvalue weighted by Crippen LogP contribution is 2.33. The molecule has 104 valence electrons. The fourth-order valence-electron chi connectivity index (χ4n) is 2.61. The fraction of sp³-hybridized carbons (Fsp3) is 0.562. The first-order valence-electron chi connectivity index (χ1n) is 7.19. The minimum atomic E-state index is 0.327. The van der Waals surface area contributed by atoms with E-state index in [9.17, 15) is 0 Å². The van der Waals surface area contributed by atoms with Gasteiger partial charge in [0.2, 0.25) is 0 Å². The quantitative estimate of drug-likeness (QED) is 0.698. The van der Waals surface area contributed by atoms with Crippen LogP contribution in [0.25, 0.3) is 11.0 Å². The molecule has 0 N–H and O–H groups in total. The van der Waals surface area contributed by atoms with Crippen LogP contribution in [0.2, 0.25) is 0 Å². The summed E-state index contributed by atoms with van der Waals surface area (Å²) < 4.78 is 2.42. The molecule has 0 saturated heterocycles. The van der Waals surface area contributed by atoms with Crippen molar-refractivity contribution in [2.75, 3.05) is 5.33 Å². The zero-order valence-corrected chi connectivity index (χ0v) is 13.7. The Bertz CT molecular complexity index is 532. The summed E-state index contributed by atoms with van der Waals surface area (Å²) in [6.45, 7) is 7.81. The van der Waals surface area contributed by atoms with Crippen molar-refractivity contribution in [1.82, 2.24) is 9.55 Å². The van der Waals surface area contributed by atoms with Crippen LogP contribution < -0.4 is 0 Å². The predicted molar refractivity (Wildman–Crippen MR) is 85.9 cm³/mol. The van der Waals surface area contributed by atoms with Crippen molar-refractivity contribution in [3.8, 4) is 0 Å². The van der Waals surface area contributed by atoms with E-state index >= 15 is 0 Å². The van der Waals surface area contributed by atoms with E-state index in [1.807, 2.05) is 0 Å². The molecule has 2 rings (SSSR count). The molecule has 0 amide bonds. The average molecular weight is 323 g/mol. The molecular formula is C16H23BrN2. The number of benzene rings is 1. The van der Waals surface area contributed by atoms with Crippen LogP contribution in [0.5, 0.6) is 0 Å². The van der Waals surface area contributed by atoms with Gasteiger partial charge in [0.1, 0.15) is 5.82 Å². The highest BCUT2D eigenvalue weighted by atomic mass is 79.9. The molecule has 0 atom stereocenters. The zero-order valence-electron chi connectivity index (χ0n) is 12.1. The van der Waals surface area contributed by atoms with Crippen molar-refractivity contribution >= 4 is 27.0 Å². The predicted octanol–water partition coefficient (Wildman–Crippen LogP) is 4.80. The number of imidazole rings is 1. The van der Waals surface area contributed by atoms with E-state index in [1.54, 1.807) is 0 Å². The van der Waals surface area contributed by atoms with Gasteiger partial charge in [0.05, 0.1) is 11.0 Å². The highest BCUT2D eigenvalue weighted by Gasteiger charge is 2.27. The molecule has 0 bridgehead atoms. The first kappa shape index (κ1) is 14.6. The van der Waals surface area contributed by atoms with Crippen molar-refractivity contribution in [3.63, 3.8) is 0 Å². The molecule has 0 radical (unpaired) electrons. The first-order chi connectivity index (χ1) is 9.19. The van der Waals surface area contributed by atoms with Crippen LogP contribution in [0.1, 0.15) is 39.4 Å². The molecule has 1 heterocycles. The van der Waals surface area contributed by atoms with Crippen molar-refractivity contribution < 1.29 is 0 Å². The second-order valence-electron chi connectivity index (χ2n) is 5.30. The number of halogens is 1. The minimum Gasteiger partial charge on any atom is -0.327 e.